The predicted octanol–water partition coefficient (Wildman–Crippen LogP) is 2.07. The zero-order valence-electron chi connectivity index (χ0n) is 11.4. The number of nitrogens with zero attached hydrogens (tertiary/aromatic N) is 1. The Labute approximate surface area is 109 Å². The summed E-state index contributed by atoms with van der Waals surface area (Å²) in [5.74, 6) is 0.780. The van der Waals surface area contributed by atoms with E-state index in [9.17, 15) is 4.79 Å². The molecule has 2 atom stereocenters. The molecule has 0 aliphatic carbocycles. The van der Waals surface area contributed by atoms with E-state index in [1.54, 1.807) is 0 Å². The summed E-state index contributed by atoms with van der Waals surface area (Å²) >= 11 is 0. The summed E-state index contributed by atoms with van der Waals surface area (Å²) in [6, 6.07) is 8.26. The van der Waals surface area contributed by atoms with Gasteiger partial charge in [-0.15, -0.1) is 0 Å². The minimum Gasteiger partial charge on any atom is -0.319 e. The van der Waals surface area contributed by atoms with Crippen LogP contribution in [0.15, 0.2) is 24.3 Å². The number of rotatable bonds is 3. The molecular formula is C15H22N2O. The molecule has 1 heterocycles. The quantitative estimate of drug-likeness (QED) is 0.885. The van der Waals surface area contributed by atoms with Gasteiger partial charge in [0.05, 0.1) is 0 Å². The normalized spacial score (nSPS) is 20.4. The number of hydrogen-bond acceptors (Lipinski definition) is 2. The van der Waals surface area contributed by atoms with Crippen LogP contribution < -0.4 is 10.2 Å². The average molecular weight is 246 g/mol. The summed E-state index contributed by atoms with van der Waals surface area (Å²) in [6.07, 6.45) is 1.07. The van der Waals surface area contributed by atoms with E-state index in [2.05, 4.69) is 30.4 Å². The maximum absolute atomic E-state index is 12.5. The molecule has 1 aliphatic rings. The second-order valence-corrected chi connectivity index (χ2v) is 5.35. The van der Waals surface area contributed by atoms with Gasteiger partial charge >= 0.3 is 0 Å². The van der Waals surface area contributed by atoms with E-state index < -0.39 is 0 Å². The van der Waals surface area contributed by atoms with Crippen LogP contribution >= 0.6 is 0 Å². The van der Waals surface area contributed by atoms with Crippen molar-refractivity contribution < 1.29 is 4.79 Å². The summed E-state index contributed by atoms with van der Waals surface area (Å²) in [7, 11) is 1.89. The third kappa shape index (κ3) is 2.56. The molecule has 1 aliphatic heterocycles. The molecule has 0 bridgehead atoms. The molecule has 3 nitrogen and oxygen atoms in total. The number of benzene rings is 1. The molecule has 1 aromatic rings. The van der Waals surface area contributed by atoms with Crippen LogP contribution in [0.4, 0.5) is 5.69 Å². The second kappa shape index (κ2) is 5.53. The molecule has 0 spiro atoms. The number of carbonyl (C=O) groups excluding carboxylic acids is 1. The molecule has 1 N–H and O–H groups in total. The predicted molar refractivity (Wildman–Crippen MR) is 74.8 cm³/mol. The van der Waals surface area contributed by atoms with Gasteiger partial charge in [-0.25, -0.2) is 0 Å². The van der Waals surface area contributed by atoms with E-state index in [1.165, 1.54) is 5.56 Å². The highest BCUT2D eigenvalue weighted by molar-refractivity contribution is 5.96. The van der Waals surface area contributed by atoms with Gasteiger partial charge in [0.1, 0.15) is 0 Å². The van der Waals surface area contributed by atoms with E-state index in [-0.39, 0.29) is 11.8 Å². The van der Waals surface area contributed by atoms with Crippen LogP contribution in [-0.4, -0.2) is 26.0 Å². The zero-order valence-corrected chi connectivity index (χ0v) is 11.4. The van der Waals surface area contributed by atoms with Crippen LogP contribution in [0.3, 0.4) is 0 Å². The lowest BCUT2D eigenvalue weighted by Crippen LogP contribution is -2.43. The van der Waals surface area contributed by atoms with Crippen molar-refractivity contribution in [3.05, 3.63) is 29.8 Å². The van der Waals surface area contributed by atoms with Gasteiger partial charge in [0, 0.05) is 24.7 Å². The van der Waals surface area contributed by atoms with Crippen molar-refractivity contribution in [2.45, 2.75) is 20.3 Å². The van der Waals surface area contributed by atoms with Crippen molar-refractivity contribution in [3.8, 4) is 0 Å². The third-order valence-corrected chi connectivity index (χ3v) is 3.54. The molecule has 0 saturated heterocycles. The Balaban J connectivity index is 2.26. The van der Waals surface area contributed by atoms with E-state index in [4.69, 9.17) is 0 Å². The highest BCUT2D eigenvalue weighted by Gasteiger charge is 2.28. The largest absolute Gasteiger partial charge is 0.319 e. The Kier molecular flexibility index (Phi) is 4.02. The number of carbonyl (C=O) groups is 1. The van der Waals surface area contributed by atoms with E-state index >= 15 is 0 Å². The second-order valence-electron chi connectivity index (χ2n) is 5.35. The molecule has 0 radical (unpaired) electrons. The fourth-order valence-electron chi connectivity index (χ4n) is 2.66. The van der Waals surface area contributed by atoms with Crippen molar-refractivity contribution in [2.24, 2.45) is 11.8 Å². The van der Waals surface area contributed by atoms with Gasteiger partial charge in [-0.05, 0) is 31.0 Å². The summed E-state index contributed by atoms with van der Waals surface area (Å²) in [5, 5.41) is 3.08. The highest BCUT2D eigenvalue weighted by atomic mass is 16.2. The van der Waals surface area contributed by atoms with Crippen molar-refractivity contribution in [1.29, 1.82) is 0 Å². The van der Waals surface area contributed by atoms with E-state index in [0.717, 1.165) is 25.2 Å². The molecule has 18 heavy (non-hydrogen) atoms. The Bertz CT molecular complexity index is 430. The number of para-hydroxylation sites is 1. The Morgan fingerprint density at radius 1 is 1.50 bits per heavy atom. The summed E-state index contributed by atoms with van der Waals surface area (Å²) in [6.45, 7) is 5.76. The number of hydrogen-bond donors (Lipinski definition) is 1. The maximum Gasteiger partial charge on any atom is 0.231 e. The van der Waals surface area contributed by atoms with Crippen LogP contribution in [0.25, 0.3) is 0 Å². The first-order chi connectivity index (χ1) is 8.63. The highest BCUT2D eigenvalue weighted by Crippen LogP contribution is 2.30. The number of anilines is 1. The van der Waals surface area contributed by atoms with Crippen molar-refractivity contribution in [1.82, 2.24) is 5.32 Å². The van der Waals surface area contributed by atoms with Gasteiger partial charge in [-0.2, -0.15) is 0 Å². The van der Waals surface area contributed by atoms with Crippen molar-refractivity contribution >= 4 is 11.6 Å². The van der Waals surface area contributed by atoms with Crippen LogP contribution in [0.1, 0.15) is 19.4 Å². The first-order valence-corrected chi connectivity index (χ1v) is 6.67. The number of amides is 1. The molecule has 1 amide bonds. The molecule has 0 aromatic heterocycles. The van der Waals surface area contributed by atoms with Gasteiger partial charge in [0.15, 0.2) is 0 Å². The first kappa shape index (κ1) is 13.1. The van der Waals surface area contributed by atoms with Crippen molar-refractivity contribution in [3.63, 3.8) is 0 Å². The van der Waals surface area contributed by atoms with Gasteiger partial charge in [-0.1, -0.05) is 32.0 Å². The number of fused-ring (bicyclic) bond motifs is 1. The van der Waals surface area contributed by atoms with E-state index in [1.807, 2.05) is 24.9 Å². The standard InChI is InChI=1S/C15H22N2O/c1-11-8-13-6-4-5-7-14(13)17(10-11)15(18)12(2)9-16-3/h4-7,11-12,16H,8-10H2,1-3H3. The first-order valence-electron chi connectivity index (χ1n) is 6.67. The van der Waals surface area contributed by atoms with Crippen LogP contribution in [0.2, 0.25) is 0 Å². The fourth-order valence-corrected chi connectivity index (χ4v) is 2.66. The molecule has 3 heteroatoms. The monoisotopic (exact) mass is 246 g/mol. The third-order valence-electron chi connectivity index (χ3n) is 3.54. The Morgan fingerprint density at radius 3 is 2.94 bits per heavy atom. The minimum atomic E-state index is 0.0216. The molecule has 2 rings (SSSR count). The summed E-state index contributed by atoms with van der Waals surface area (Å²) in [5.41, 5.74) is 2.39. The maximum atomic E-state index is 12.5. The molecule has 98 valence electrons. The SMILES string of the molecule is CNCC(C)C(=O)N1CC(C)Cc2ccccc21. The molecule has 0 saturated carbocycles. The molecule has 1 aromatic carbocycles. The average Bonchev–Trinajstić information content (AvgIpc) is 2.37. The van der Waals surface area contributed by atoms with Crippen molar-refractivity contribution in [2.75, 3.05) is 25.0 Å². The minimum absolute atomic E-state index is 0.0216. The summed E-state index contributed by atoms with van der Waals surface area (Å²) in [4.78, 5) is 14.4. The fraction of sp³-hybridized carbons (Fsp3) is 0.533. The van der Waals surface area contributed by atoms with Gasteiger partial charge in [0.25, 0.3) is 0 Å². The lowest BCUT2D eigenvalue weighted by molar-refractivity contribution is -0.122. The van der Waals surface area contributed by atoms with Crippen LogP contribution in [0, 0.1) is 11.8 Å². The Morgan fingerprint density at radius 2 is 2.22 bits per heavy atom. The molecule has 0 fully saturated rings. The van der Waals surface area contributed by atoms with Gasteiger partial charge < -0.3 is 10.2 Å². The van der Waals surface area contributed by atoms with E-state index in [0.29, 0.717) is 5.92 Å². The molecule has 2 unspecified atom stereocenters. The smallest absolute Gasteiger partial charge is 0.231 e. The lowest BCUT2D eigenvalue weighted by atomic mass is 9.93. The van der Waals surface area contributed by atoms with Gasteiger partial charge in [0.2, 0.25) is 5.91 Å². The lowest BCUT2D eigenvalue weighted by Gasteiger charge is -2.34. The van der Waals surface area contributed by atoms with Crippen LogP contribution in [0.5, 0.6) is 0 Å². The number of nitrogens with one attached hydrogen (secondary N) is 1. The topological polar surface area (TPSA) is 32.3 Å². The van der Waals surface area contributed by atoms with Crippen LogP contribution in [-0.2, 0) is 11.2 Å². The Hall–Kier alpha value is -1.35. The summed E-state index contributed by atoms with van der Waals surface area (Å²) < 4.78 is 0. The molecular weight excluding hydrogens is 224 g/mol. The zero-order chi connectivity index (χ0) is 13.1. The van der Waals surface area contributed by atoms with Gasteiger partial charge in [-0.3, -0.25) is 4.79 Å².